The maximum Gasteiger partial charge on any atom is 0.472 e. The minimum Gasteiger partial charge on any atom is -0.463 e. The van der Waals surface area contributed by atoms with Crippen molar-refractivity contribution < 1.29 is 37.3 Å². The van der Waals surface area contributed by atoms with Gasteiger partial charge >= 0.3 is 13.8 Å². The smallest absolute Gasteiger partial charge is 0.463 e. The SMILES string of the molecule is CCCCCCCCCCCCCCCC(=O)OC[C@H](COP(=O)(O)OCC[N+](C)(C)C)OCCCCCCCCCCc1ccc2ccc3cccc4ccc1c2c34. The maximum absolute atomic E-state index is 12.6. The number of carbonyl (C=O) groups is 1. The van der Waals surface area contributed by atoms with Crippen LogP contribution >= 0.6 is 7.82 Å². The molecule has 0 heterocycles. The van der Waals surface area contributed by atoms with Crippen molar-refractivity contribution in [3.63, 3.8) is 0 Å². The highest BCUT2D eigenvalue weighted by molar-refractivity contribution is 7.47. The largest absolute Gasteiger partial charge is 0.472 e. The average molecular weight is 837 g/mol. The summed E-state index contributed by atoms with van der Waals surface area (Å²) in [5, 5.41) is 8.17. The van der Waals surface area contributed by atoms with Crippen LogP contribution in [0.4, 0.5) is 0 Å². The molecular weight excluding hydrogens is 758 g/mol. The third-order valence-electron chi connectivity index (χ3n) is 11.7. The number of rotatable bonds is 35. The first kappa shape index (κ1) is 49.1. The zero-order chi connectivity index (χ0) is 42.2. The van der Waals surface area contributed by atoms with Crippen LogP contribution in [-0.2, 0) is 34.3 Å². The number of ether oxygens (including phenoxy) is 2. The Kier molecular flexibility index (Phi) is 22.8. The van der Waals surface area contributed by atoms with Gasteiger partial charge in [-0.1, -0.05) is 177 Å². The molecule has 0 aliphatic heterocycles. The standard InChI is InChI=1S/C50H78NO7P/c1-5-6-7-8-9-10-11-12-13-14-18-21-24-30-48(52)56-40-46(41-58-59(53,54)57-39-37-51(2,3)4)55-38-25-22-19-16-15-17-20-23-27-42-31-32-45-34-33-43-28-26-29-44-35-36-47(42)50(45)49(43)44/h26,28-29,31-36,46H,5-25,27,30,37-41H2,1-4H3/p+1/t46-/m1/s1. The minimum atomic E-state index is -4.26. The molecule has 1 N–H and O–H groups in total. The summed E-state index contributed by atoms with van der Waals surface area (Å²) in [5.74, 6) is -0.260. The average Bonchev–Trinajstić information content (AvgIpc) is 3.21. The van der Waals surface area contributed by atoms with Gasteiger partial charge in [-0.15, -0.1) is 0 Å². The van der Waals surface area contributed by atoms with Crippen LogP contribution in [0.3, 0.4) is 0 Å². The molecule has 0 amide bonds. The van der Waals surface area contributed by atoms with E-state index < -0.39 is 13.9 Å². The van der Waals surface area contributed by atoms with Gasteiger partial charge in [-0.2, -0.15) is 0 Å². The molecule has 0 aliphatic rings. The van der Waals surface area contributed by atoms with Crippen LogP contribution in [0.2, 0.25) is 0 Å². The summed E-state index contributed by atoms with van der Waals surface area (Å²) < 4.78 is 35.3. The Hall–Kier alpha value is -2.58. The number of quaternary nitrogens is 1. The first-order valence-electron chi connectivity index (χ1n) is 23.4. The number of carbonyl (C=O) groups excluding carboxylic acids is 1. The van der Waals surface area contributed by atoms with Gasteiger partial charge in [0.25, 0.3) is 0 Å². The van der Waals surface area contributed by atoms with Gasteiger partial charge in [0.15, 0.2) is 0 Å². The van der Waals surface area contributed by atoms with E-state index in [0.717, 1.165) is 44.9 Å². The zero-order valence-corrected chi connectivity index (χ0v) is 38.3. The molecule has 0 aliphatic carbocycles. The third-order valence-corrected chi connectivity index (χ3v) is 12.7. The van der Waals surface area contributed by atoms with E-state index in [1.165, 1.54) is 134 Å². The van der Waals surface area contributed by atoms with Gasteiger partial charge in [0.2, 0.25) is 0 Å². The lowest BCUT2D eigenvalue weighted by Gasteiger charge is -2.24. The minimum absolute atomic E-state index is 0.00915. The fourth-order valence-electron chi connectivity index (χ4n) is 8.08. The second-order valence-electron chi connectivity index (χ2n) is 17.9. The molecule has 4 rings (SSSR count). The van der Waals surface area contributed by atoms with Crippen molar-refractivity contribution in [1.29, 1.82) is 0 Å². The summed E-state index contributed by atoms with van der Waals surface area (Å²) in [7, 11) is 1.70. The van der Waals surface area contributed by atoms with E-state index in [1.807, 2.05) is 21.1 Å². The number of likely N-dealkylation sites (N-methyl/N-ethyl adjacent to an activating group) is 1. The molecule has 1 unspecified atom stereocenters. The third kappa shape index (κ3) is 19.3. The van der Waals surface area contributed by atoms with E-state index in [9.17, 15) is 14.3 Å². The van der Waals surface area contributed by atoms with Crippen LogP contribution in [0, 0.1) is 0 Å². The van der Waals surface area contributed by atoms with Crippen molar-refractivity contribution >= 4 is 46.1 Å². The van der Waals surface area contributed by atoms with Gasteiger partial charge in [0.05, 0.1) is 27.7 Å². The molecule has 9 heteroatoms. The van der Waals surface area contributed by atoms with Crippen LogP contribution in [0.5, 0.6) is 0 Å². The van der Waals surface area contributed by atoms with E-state index >= 15 is 0 Å². The molecular formula is C50H79NO7P+. The van der Waals surface area contributed by atoms with Gasteiger partial charge in [-0.05, 0) is 63.6 Å². The summed E-state index contributed by atoms with van der Waals surface area (Å²) in [6, 6.07) is 20.3. The number of aryl methyl sites for hydroxylation is 1. The molecule has 0 fully saturated rings. The molecule has 8 nitrogen and oxygen atoms in total. The number of esters is 1. The van der Waals surface area contributed by atoms with Gasteiger partial charge < -0.3 is 18.9 Å². The van der Waals surface area contributed by atoms with Crippen molar-refractivity contribution in [2.45, 2.75) is 161 Å². The van der Waals surface area contributed by atoms with E-state index in [0.29, 0.717) is 24.1 Å². The summed E-state index contributed by atoms with van der Waals surface area (Å²) in [6.07, 6.45) is 26.3. The van der Waals surface area contributed by atoms with Gasteiger partial charge in [0, 0.05) is 13.0 Å². The molecule has 4 aromatic rings. The second kappa shape index (κ2) is 27.4. The molecule has 0 saturated heterocycles. The van der Waals surface area contributed by atoms with Gasteiger partial charge in [-0.25, -0.2) is 4.57 Å². The van der Waals surface area contributed by atoms with Gasteiger partial charge in [0.1, 0.15) is 25.9 Å². The number of phosphoric acid groups is 1. The molecule has 0 radical (unpaired) electrons. The molecule has 0 spiro atoms. The van der Waals surface area contributed by atoms with Crippen molar-refractivity contribution in [1.82, 2.24) is 0 Å². The number of phosphoric ester groups is 1. The van der Waals surface area contributed by atoms with E-state index in [4.69, 9.17) is 18.5 Å². The number of hydrogen-bond donors (Lipinski definition) is 1. The van der Waals surface area contributed by atoms with E-state index in [1.54, 1.807) is 0 Å². The lowest BCUT2D eigenvalue weighted by Crippen LogP contribution is -2.37. The summed E-state index contributed by atoms with van der Waals surface area (Å²) in [4.78, 5) is 22.8. The number of nitrogens with zero attached hydrogens (tertiary/aromatic N) is 1. The number of hydrogen-bond acceptors (Lipinski definition) is 6. The molecule has 0 bridgehead atoms. The normalized spacial score (nSPS) is 13.8. The highest BCUT2D eigenvalue weighted by atomic mass is 31.2. The lowest BCUT2D eigenvalue weighted by atomic mass is 9.90. The second-order valence-corrected chi connectivity index (χ2v) is 19.4. The molecule has 59 heavy (non-hydrogen) atoms. The highest BCUT2D eigenvalue weighted by Crippen LogP contribution is 2.43. The van der Waals surface area contributed by atoms with Crippen LogP contribution in [0.25, 0.3) is 32.3 Å². The number of benzene rings is 4. The predicted molar refractivity (Wildman–Crippen MR) is 246 cm³/mol. The Bertz CT molecular complexity index is 1770. The van der Waals surface area contributed by atoms with Crippen LogP contribution in [-0.4, -0.2) is 75.6 Å². The lowest BCUT2D eigenvalue weighted by molar-refractivity contribution is -0.870. The van der Waals surface area contributed by atoms with Crippen molar-refractivity contribution in [3.05, 3.63) is 60.2 Å². The van der Waals surface area contributed by atoms with Gasteiger partial charge in [-0.3, -0.25) is 13.8 Å². The maximum atomic E-state index is 12.6. The van der Waals surface area contributed by atoms with Crippen molar-refractivity contribution in [2.75, 3.05) is 54.1 Å². The number of unbranched alkanes of at least 4 members (excludes halogenated alkanes) is 19. The van der Waals surface area contributed by atoms with Crippen LogP contribution < -0.4 is 0 Å². The highest BCUT2D eigenvalue weighted by Gasteiger charge is 2.25. The zero-order valence-electron chi connectivity index (χ0n) is 37.4. The Morgan fingerprint density at radius 3 is 1.75 bits per heavy atom. The molecule has 4 aromatic carbocycles. The van der Waals surface area contributed by atoms with Crippen LogP contribution in [0.1, 0.15) is 154 Å². The molecule has 2 atom stereocenters. The van der Waals surface area contributed by atoms with Crippen molar-refractivity contribution in [3.8, 4) is 0 Å². The first-order chi connectivity index (χ1) is 28.6. The summed E-state index contributed by atoms with van der Waals surface area (Å²) in [6.45, 7) is 3.20. The predicted octanol–water partition coefficient (Wildman–Crippen LogP) is 13.5. The Balaban J connectivity index is 1.07. The monoisotopic (exact) mass is 837 g/mol. The molecule has 0 saturated carbocycles. The van der Waals surface area contributed by atoms with Crippen molar-refractivity contribution in [2.24, 2.45) is 0 Å². The molecule has 330 valence electrons. The summed E-state index contributed by atoms with van der Waals surface area (Å²) in [5.41, 5.74) is 1.46. The van der Waals surface area contributed by atoms with E-state index in [-0.39, 0.29) is 25.8 Å². The Morgan fingerprint density at radius 2 is 1.14 bits per heavy atom. The van der Waals surface area contributed by atoms with E-state index in [2.05, 4.69) is 61.5 Å². The summed E-state index contributed by atoms with van der Waals surface area (Å²) >= 11 is 0. The topological polar surface area (TPSA) is 91.3 Å². The fourth-order valence-corrected chi connectivity index (χ4v) is 8.82. The quantitative estimate of drug-likeness (QED) is 0.0162. The Labute approximate surface area is 357 Å². The first-order valence-corrected chi connectivity index (χ1v) is 24.9. The van der Waals surface area contributed by atoms with Crippen LogP contribution in [0.15, 0.2) is 54.6 Å². The Morgan fingerprint density at radius 1 is 0.610 bits per heavy atom. The fraction of sp³-hybridized carbons (Fsp3) is 0.660. The molecule has 0 aromatic heterocycles.